The molecule has 0 rings (SSSR count). The molecule has 0 unspecified atom stereocenters. The molecule has 0 fully saturated rings. The van der Waals surface area contributed by atoms with E-state index >= 15 is 0 Å². The largest absolute Gasteiger partial charge is 0.480 e. The maximum Gasteiger partial charge on any atom is 0.480 e. The fraction of sp³-hybridized carbons (Fsp3) is 0.935. The molecule has 0 aromatic carbocycles. The molecule has 0 amide bonds. The molecule has 0 aliphatic heterocycles. The maximum absolute atomic E-state index is 9.64. The molecule has 0 radical (unpaired) electrons. The molecule has 0 aliphatic carbocycles. The van der Waals surface area contributed by atoms with Crippen molar-refractivity contribution in [1.82, 2.24) is 0 Å². The second kappa shape index (κ2) is 14.5. The summed E-state index contributed by atoms with van der Waals surface area (Å²) in [4.78, 5) is 0. The van der Waals surface area contributed by atoms with E-state index in [0.29, 0.717) is 13.0 Å². The lowest BCUT2D eigenvalue weighted by Gasteiger charge is -2.49. The van der Waals surface area contributed by atoms with E-state index in [1.807, 2.05) is 6.08 Å². The lowest BCUT2D eigenvalue weighted by molar-refractivity contribution is -0.0550. The summed E-state index contributed by atoms with van der Waals surface area (Å²) in [5.41, 5.74) is 0. The van der Waals surface area contributed by atoms with Gasteiger partial charge in [0.05, 0.1) is 24.9 Å². The molecular weight excluding hydrogens is 591 g/mol. The molecule has 0 aliphatic rings. The zero-order valence-electron chi connectivity index (χ0n) is 31.4. The van der Waals surface area contributed by atoms with Gasteiger partial charge in [0.25, 0.3) is 0 Å². The van der Waals surface area contributed by atoms with E-state index < -0.39 is 40.4 Å². The molecule has 2 N–H and O–H groups in total. The third-order valence-corrected chi connectivity index (χ3v) is 28.5. The van der Waals surface area contributed by atoms with Gasteiger partial charge in [-0.15, -0.1) is 0 Å². The summed E-state index contributed by atoms with van der Waals surface area (Å²) in [6.45, 7) is 45.8. The van der Waals surface area contributed by atoms with Crippen molar-refractivity contribution in [3.63, 3.8) is 0 Å². The maximum atomic E-state index is 9.64. The summed E-state index contributed by atoms with van der Waals surface area (Å²) in [5, 5.41) is 19.3. The van der Waals surface area contributed by atoms with Crippen molar-refractivity contribution >= 4 is 40.4 Å². The van der Waals surface area contributed by atoms with Crippen LogP contribution in [-0.2, 0) is 17.7 Å². The van der Waals surface area contributed by atoms with Crippen LogP contribution in [0.4, 0.5) is 0 Å². The number of rotatable bonds is 14. The minimum atomic E-state index is -2.30. The Balaban J connectivity index is 7.31. The van der Waals surface area contributed by atoms with Crippen LogP contribution < -0.4 is 0 Å². The molecule has 0 spiro atoms. The lowest BCUT2D eigenvalue weighted by Crippen LogP contribution is -2.59. The first-order chi connectivity index (χ1) is 18.2. The molecule has 0 aromatic rings. The summed E-state index contributed by atoms with van der Waals surface area (Å²) in [5.74, 6) is 1.42. The molecule has 0 bridgehead atoms. The minimum absolute atomic E-state index is 0.000429. The van der Waals surface area contributed by atoms with E-state index in [9.17, 15) is 10.0 Å². The average Bonchev–Trinajstić information content (AvgIpc) is 2.70. The highest BCUT2D eigenvalue weighted by Crippen LogP contribution is 2.44. The first-order valence-electron chi connectivity index (χ1n) is 15.9. The Bertz CT molecular complexity index is 863. The van der Waals surface area contributed by atoms with Crippen LogP contribution in [0.2, 0.25) is 72.5 Å². The summed E-state index contributed by atoms with van der Waals surface area (Å²) < 4.78 is 28.8. The van der Waals surface area contributed by atoms with Crippen LogP contribution in [0, 0.1) is 0 Å². The third-order valence-electron chi connectivity index (χ3n) is 10.6. The van der Waals surface area contributed by atoms with Crippen LogP contribution in [0.5, 0.6) is 0 Å². The van der Waals surface area contributed by atoms with Gasteiger partial charge in [0, 0.05) is 0 Å². The van der Waals surface area contributed by atoms with Crippen LogP contribution in [0.15, 0.2) is 12.1 Å². The molecule has 0 saturated carbocycles. The van der Waals surface area contributed by atoms with Crippen LogP contribution in [0.25, 0.3) is 0 Å². The smallest absolute Gasteiger partial charge is 0.424 e. The molecule has 250 valence electrons. The van der Waals surface area contributed by atoms with Crippen LogP contribution in [0.1, 0.15) is 89.5 Å². The van der Waals surface area contributed by atoms with Gasteiger partial charge >= 0.3 is 7.12 Å². The lowest BCUT2D eigenvalue weighted by atomic mass is 9.90. The SMILES string of the molecule is CC(C)(C)[Si](C)(C)OC[C@@H](O[Si](C)(C)C(C)(C)C)[C@@H](O[Si](C)(C)C(C)(C)C)[C@@H](C/C=C/B(O)O)O[Si](C)(C)C(C)(C)C. The molecule has 3 atom stereocenters. The van der Waals surface area contributed by atoms with E-state index in [1.165, 1.54) is 5.98 Å². The Kier molecular flexibility index (Phi) is 14.6. The highest BCUT2D eigenvalue weighted by atomic mass is 28.4. The van der Waals surface area contributed by atoms with Crippen molar-refractivity contribution < 1.29 is 27.8 Å². The first-order valence-corrected chi connectivity index (χ1v) is 27.5. The number of hydrogen-bond acceptors (Lipinski definition) is 6. The fourth-order valence-corrected chi connectivity index (χ4v) is 8.31. The van der Waals surface area contributed by atoms with E-state index in [2.05, 4.69) is 135 Å². The van der Waals surface area contributed by atoms with E-state index in [0.717, 1.165) is 0 Å². The highest BCUT2D eigenvalue weighted by molar-refractivity contribution is 6.75. The minimum Gasteiger partial charge on any atom is -0.424 e. The van der Waals surface area contributed by atoms with E-state index in [-0.39, 0.29) is 38.5 Å². The molecule has 11 heteroatoms. The van der Waals surface area contributed by atoms with Gasteiger partial charge in [-0.2, -0.15) is 0 Å². The van der Waals surface area contributed by atoms with Crippen molar-refractivity contribution in [3.8, 4) is 0 Å². The van der Waals surface area contributed by atoms with Crippen molar-refractivity contribution in [3.05, 3.63) is 12.1 Å². The molecule has 0 saturated heterocycles. The Morgan fingerprint density at radius 2 is 0.881 bits per heavy atom. The fourth-order valence-electron chi connectivity index (χ4n) is 3.31. The van der Waals surface area contributed by atoms with Gasteiger partial charge in [-0.1, -0.05) is 95.1 Å². The van der Waals surface area contributed by atoms with E-state index in [1.54, 1.807) is 0 Å². The van der Waals surface area contributed by atoms with Gasteiger partial charge in [-0.05, 0) is 78.9 Å². The van der Waals surface area contributed by atoms with E-state index in [4.69, 9.17) is 17.7 Å². The predicted octanol–water partition coefficient (Wildman–Crippen LogP) is 9.14. The third kappa shape index (κ3) is 12.3. The Hall–Kier alpha value is 0.432. The second-order valence-corrected chi connectivity index (χ2v) is 37.4. The van der Waals surface area contributed by atoms with Crippen molar-refractivity contribution in [1.29, 1.82) is 0 Å². The summed E-state index contributed by atoms with van der Waals surface area (Å²) in [7, 11) is -10.4. The highest BCUT2D eigenvalue weighted by Gasteiger charge is 2.50. The van der Waals surface area contributed by atoms with Gasteiger partial charge in [0.15, 0.2) is 33.3 Å². The van der Waals surface area contributed by atoms with Gasteiger partial charge in [-0.3, -0.25) is 0 Å². The zero-order chi connectivity index (χ0) is 34.0. The molecule has 42 heavy (non-hydrogen) atoms. The molecule has 0 aromatic heterocycles. The Morgan fingerprint density at radius 1 is 0.548 bits per heavy atom. The quantitative estimate of drug-likeness (QED) is 0.181. The normalized spacial score (nSPS) is 17.5. The first kappa shape index (κ1) is 42.4. The van der Waals surface area contributed by atoms with Crippen molar-refractivity contribution in [2.45, 2.75) is 180 Å². The Morgan fingerprint density at radius 3 is 1.21 bits per heavy atom. The molecule has 6 nitrogen and oxygen atoms in total. The Labute approximate surface area is 266 Å². The van der Waals surface area contributed by atoms with Crippen molar-refractivity contribution in [2.75, 3.05) is 6.61 Å². The zero-order valence-corrected chi connectivity index (χ0v) is 35.4. The van der Waals surface area contributed by atoms with Gasteiger partial charge in [0.1, 0.15) is 0 Å². The van der Waals surface area contributed by atoms with Crippen molar-refractivity contribution in [2.24, 2.45) is 0 Å². The summed E-state index contributed by atoms with van der Waals surface area (Å²) in [6.07, 6.45) is 1.24. The molecule has 0 heterocycles. The average molecular weight is 663 g/mol. The van der Waals surface area contributed by atoms with Gasteiger partial charge in [0.2, 0.25) is 0 Å². The topological polar surface area (TPSA) is 77.4 Å². The summed E-state index contributed by atoms with van der Waals surface area (Å²) in [6, 6.07) is 0. The summed E-state index contributed by atoms with van der Waals surface area (Å²) >= 11 is 0. The predicted molar refractivity (Wildman–Crippen MR) is 193 cm³/mol. The van der Waals surface area contributed by atoms with Crippen LogP contribution in [0.3, 0.4) is 0 Å². The van der Waals surface area contributed by atoms with Crippen LogP contribution >= 0.6 is 0 Å². The second-order valence-electron chi connectivity index (χ2n) is 18.3. The standard InChI is InChI=1S/C31H71BO6Si4/c1-28(2,3)39(13,14)35-24-26(37-41(17,18)30(7,8)9)27(38-42(19,20)31(10,11)12)25(22-21-23-32(33)34)36-40(15,16)29(4,5)6/h21,23,25-27,33-34H,22,24H2,1-20H3/b23-21+/t25-,26-,27+/m1/s1. The van der Waals surface area contributed by atoms with Gasteiger partial charge < -0.3 is 27.8 Å². The van der Waals surface area contributed by atoms with Gasteiger partial charge in [-0.25, -0.2) is 0 Å². The molecular formula is C31H71BO6Si4. The monoisotopic (exact) mass is 662 g/mol. The van der Waals surface area contributed by atoms with Crippen LogP contribution in [-0.4, -0.2) is 75.4 Å². The number of hydrogen-bond donors (Lipinski definition) is 2.